The molecule has 0 saturated carbocycles. The molecule has 11 heavy (non-hydrogen) atoms. The molecule has 0 atom stereocenters. The normalized spacial score (nSPS) is 10.2. The molecule has 1 aromatic rings. The molecule has 0 amide bonds. The highest BCUT2D eigenvalue weighted by Crippen LogP contribution is 2.34. The molecular weight excluding hydrogens is 227 g/mol. The molecule has 1 N–H and O–H groups in total. The van der Waals surface area contributed by atoms with E-state index in [9.17, 15) is 5.11 Å². The summed E-state index contributed by atoms with van der Waals surface area (Å²) >= 11 is 9.14. The van der Waals surface area contributed by atoms with Crippen molar-refractivity contribution in [3.8, 4) is 5.75 Å². The van der Waals surface area contributed by atoms with Crippen molar-refractivity contribution >= 4 is 27.5 Å². The quantitative estimate of drug-likeness (QED) is 0.730. The summed E-state index contributed by atoms with van der Waals surface area (Å²) in [7, 11) is 0. The van der Waals surface area contributed by atoms with Gasteiger partial charge in [0.2, 0.25) is 0 Å². The molecular formula is C8H8BrClO. The van der Waals surface area contributed by atoms with E-state index in [1.165, 1.54) is 0 Å². The zero-order chi connectivity index (χ0) is 8.59. The highest BCUT2D eigenvalue weighted by molar-refractivity contribution is 9.10. The molecule has 0 radical (unpaired) electrons. The molecule has 1 aromatic carbocycles. The summed E-state index contributed by atoms with van der Waals surface area (Å²) in [6, 6.07) is 1.64. The van der Waals surface area contributed by atoms with Crippen molar-refractivity contribution in [2.75, 3.05) is 0 Å². The van der Waals surface area contributed by atoms with Crippen LogP contribution in [0.5, 0.6) is 5.75 Å². The first-order chi connectivity index (χ1) is 5.04. The maximum atomic E-state index is 9.30. The Hall–Kier alpha value is -0.210. The number of halogens is 2. The predicted octanol–water partition coefficient (Wildman–Crippen LogP) is 3.42. The molecule has 0 aliphatic rings. The van der Waals surface area contributed by atoms with Gasteiger partial charge in [0.25, 0.3) is 0 Å². The molecule has 1 rings (SSSR count). The van der Waals surface area contributed by atoms with E-state index in [0.717, 1.165) is 11.1 Å². The number of aromatic hydroxyl groups is 1. The molecule has 0 spiro atoms. The maximum Gasteiger partial charge on any atom is 0.130 e. The molecule has 0 aromatic heterocycles. The monoisotopic (exact) mass is 234 g/mol. The molecule has 0 fully saturated rings. The largest absolute Gasteiger partial charge is 0.507 e. The van der Waals surface area contributed by atoms with Gasteiger partial charge in [0, 0.05) is 5.02 Å². The van der Waals surface area contributed by atoms with Crippen LogP contribution in [0.25, 0.3) is 0 Å². The van der Waals surface area contributed by atoms with Crippen LogP contribution >= 0.6 is 27.5 Å². The third-order valence-electron chi connectivity index (χ3n) is 1.58. The second kappa shape index (κ2) is 3.03. The van der Waals surface area contributed by atoms with Crippen LogP contribution in [0.3, 0.4) is 0 Å². The van der Waals surface area contributed by atoms with E-state index in [0.29, 0.717) is 9.50 Å². The summed E-state index contributed by atoms with van der Waals surface area (Å²) in [5, 5.41) is 10.0. The van der Waals surface area contributed by atoms with E-state index in [1.807, 2.05) is 13.8 Å². The van der Waals surface area contributed by atoms with Crippen LogP contribution in [-0.4, -0.2) is 5.11 Å². The highest BCUT2D eigenvalue weighted by Gasteiger charge is 2.07. The molecule has 0 aliphatic carbocycles. The molecule has 60 valence electrons. The number of hydrogen-bond acceptors (Lipinski definition) is 1. The highest BCUT2D eigenvalue weighted by atomic mass is 79.9. The lowest BCUT2D eigenvalue weighted by atomic mass is 10.1. The van der Waals surface area contributed by atoms with Crippen LogP contribution in [0.15, 0.2) is 10.5 Å². The minimum Gasteiger partial charge on any atom is -0.507 e. The Balaban J connectivity index is 3.46. The van der Waals surface area contributed by atoms with Crippen LogP contribution in [0.4, 0.5) is 0 Å². The van der Waals surface area contributed by atoms with Crippen molar-refractivity contribution in [2.45, 2.75) is 13.8 Å². The van der Waals surface area contributed by atoms with E-state index in [4.69, 9.17) is 11.6 Å². The Morgan fingerprint density at radius 1 is 1.45 bits per heavy atom. The lowest BCUT2D eigenvalue weighted by Crippen LogP contribution is -1.83. The standard InChI is InChI=1S/C8H8BrClO/c1-4-3-6(11)7(9)5(2)8(4)10/h3,11H,1-2H3. The number of hydrogen-bond donors (Lipinski definition) is 1. The summed E-state index contributed by atoms with van der Waals surface area (Å²) < 4.78 is 0.674. The molecule has 3 heteroatoms. The van der Waals surface area contributed by atoms with Gasteiger partial charge in [-0.05, 0) is 47.0 Å². The first-order valence-electron chi connectivity index (χ1n) is 3.18. The topological polar surface area (TPSA) is 20.2 Å². The first-order valence-corrected chi connectivity index (χ1v) is 4.35. The van der Waals surface area contributed by atoms with Crippen molar-refractivity contribution in [3.05, 3.63) is 26.7 Å². The summed E-state index contributed by atoms with van der Waals surface area (Å²) in [5.41, 5.74) is 1.77. The van der Waals surface area contributed by atoms with Gasteiger partial charge in [-0.3, -0.25) is 0 Å². The van der Waals surface area contributed by atoms with Gasteiger partial charge in [-0.1, -0.05) is 11.6 Å². The SMILES string of the molecule is Cc1cc(O)c(Br)c(C)c1Cl. The van der Waals surface area contributed by atoms with Gasteiger partial charge in [0.1, 0.15) is 5.75 Å². The zero-order valence-corrected chi connectivity index (χ0v) is 8.62. The zero-order valence-electron chi connectivity index (χ0n) is 6.28. The molecule has 0 unspecified atom stereocenters. The summed E-state index contributed by atoms with van der Waals surface area (Å²) in [5.74, 6) is 0.240. The van der Waals surface area contributed by atoms with Gasteiger partial charge >= 0.3 is 0 Å². The van der Waals surface area contributed by atoms with Crippen LogP contribution in [0.1, 0.15) is 11.1 Å². The molecule has 0 aliphatic heterocycles. The second-order valence-electron chi connectivity index (χ2n) is 2.47. The Labute approximate surface area is 79.1 Å². The second-order valence-corrected chi connectivity index (χ2v) is 3.64. The average Bonchev–Trinajstić information content (AvgIpc) is 1.97. The fraction of sp³-hybridized carbons (Fsp3) is 0.250. The van der Waals surface area contributed by atoms with Gasteiger partial charge < -0.3 is 5.11 Å². The summed E-state index contributed by atoms with van der Waals surface area (Å²) in [6.45, 7) is 3.72. The van der Waals surface area contributed by atoms with E-state index < -0.39 is 0 Å². The van der Waals surface area contributed by atoms with Crippen molar-refractivity contribution in [1.29, 1.82) is 0 Å². The van der Waals surface area contributed by atoms with E-state index in [1.54, 1.807) is 6.07 Å². The van der Waals surface area contributed by atoms with Crippen LogP contribution in [0.2, 0.25) is 5.02 Å². The summed E-state index contributed by atoms with van der Waals surface area (Å²) in [6.07, 6.45) is 0. The lowest BCUT2D eigenvalue weighted by Gasteiger charge is -2.06. The van der Waals surface area contributed by atoms with Gasteiger partial charge in [0.05, 0.1) is 4.47 Å². The van der Waals surface area contributed by atoms with Crippen LogP contribution in [0, 0.1) is 13.8 Å². The van der Waals surface area contributed by atoms with Gasteiger partial charge in [-0.25, -0.2) is 0 Å². The Bertz CT molecular complexity index is 270. The molecule has 0 bridgehead atoms. The van der Waals surface area contributed by atoms with Gasteiger partial charge in [-0.15, -0.1) is 0 Å². The lowest BCUT2D eigenvalue weighted by molar-refractivity contribution is 0.471. The minimum atomic E-state index is 0.240. The van der Waals surface area contributed by atoms with E-state index >= 15 is 0 Å². The number of benzene rings is 1. The Morgan fingerprint density at radius 2 is 2.00 bits per heavy atom. The Kier molecular flexibility index (Phi) is 2.45. The Morgan fingerprint density at radius 3 is 2.55 bits per heavy atom. The van der Waals surface area contributed by atoms with Gasteiger partial charge in [0.15, 0.2) is 0 Å². The maximum absolute atomic E-state index is 9.30. The smallest absolute Gasteiger partial charge is 0.130 e. The third kappa shape index (κ3) is 1.52. The van der Waals surface area contributed by atoms with E-state index in [-0.39, 0.29) is 5.75 Å². The van der Waals surface area contributed by atoms with Crippen molar-refractivity contribution in [1.82, 2.24) is 0 Å². The number of phenolic OH excluding ortho intramolecular Hbond substituents is 1. The molecule has 0 heterocycles. The molecule has 1 nitrogen and oxygen atoms in total. The molecule has 0 saturated heterocycles. The van der Waals surface area contributed by atoms with Crippen molar-refractivity contribution < 1.29 is 5.11 Å². The van der Waals surface area contributed by atoms with Crippen LogP contribution in [-0.2, 0) is 0 Å². The first kappa shape index (κ1) is 8.88. The fourth-order valence-corrected chi connectivity index (χ4v) is 1.49. The van der Waals surface area contributed by atoms with Crippen molar-refractivity contribution in [3.63, 3.8) is 0 Å². The fourth-order valence-electron chi connectivity index (χ4n) is 0.916. The van der Waals surface area contributed by atoms with Crippen LogP contribution < -0.4 is 0 Å². The van der Waals surface area contributed by atoms with Gasteiger partial charge in [-0.2, -0.15) is 0 Å². The van der Waals surface area contributed by atoms with Crippen molar-refractivity contribution in [2.24, 2.45) is 0 Å². The summed E-state index contributed by atoms with van der Waals surface area (Å²) in [4.78, 5) is 0. The number of rotatable bonds is 0. The predicted molar refractivity (Wildman–Crippen MR) is 50.3 cm³/mol. The minimum absolute atomic E-state index is 0.240. The number of aryl methyl sites for hydroxylation is 1. The average molecular weight is 236 g/mol. The number of phenols is 1. The van der Waals surface area contributed by atoms with E-state index in [2.05, 4.69) is 15.9 Å². The third-order valence-corrected chi connectivity index (χ3v) is 3.17.